The number of anilines is 1. The predicted octanol–water partition coefficient (Wildman–Crippen LogP) is 1.76. The lowest BCUT2D eigenvalue weighted by molar-refractivity contribution is -0.150. The number of hydrogen-bond acceptors (Lipinski definition) is 4. The third-order valence-corrected chi connectivity index (χ3v) is 3.53. The van der Waals surface area contributed by atoms with E-state index in [2.05, 4.69) is 0 Å². The first kappa shape index (κ1) is 17.1. The molecule has 0 aliphatic carbocycles. The Morgan fingerprint density at radius 2 is 2.17 bits per heavy atom. The molecule has 1 aromatic carbocycles. The zero-order valence-corrected chi connectivity index (χ0v) is 12.0. The summed E-state index contributed by atoms with van der Waals surface area (Å²) < 4.78 is 56.8. The topological polar surface area (TPSA) is 87.8 Å². The minimum absolute atomic E-state index is 0.123. The molecule has 6 nitrogen and oxygen atoms in total. The van der Waals surface area contributed by atoms with E-state index in [1.807, 2.05) is 5.32 Å². The van der Waals surface area contributed by atoms with Gasteiger partial charge in [0.05, 0.1) is 24.9 Å². The van der Waals surface area contributed by atoms with Crippen molar-refractivity contribution in [1.82, 2.24) is 10.2 Å². The number of halogens is 4. The molecule has 0 aromatic heterocycles. The Bertz CT molecular complexity index is 586. The summed E-state index contributed by atoms with van der Waals surface area (Å²) >= 11 is 0. The van der Waals surface area contributed by atoms with Crippen LogP contribution in [0.4, 0.5) is 28.0 Å². The van der Waals surface area contributed by atoms with Gasteiger partial charge in [-0.1, -0.05) is 0 Å². The summed E-state index contributed by atoms with van der Waals surface area (Å²) in [5.74, 6) is -1.79. The van der Waals surface area contributed by atoms with Crippen molar-refractivity contribution in [2.45, 2.75) is 18.3 Å². The van der Waals surface area contributed by atoms with Gasteiger partial charge in [0.1, 0.15) is 6.04 Å². The van der Waals surface area contributed by atoms with Gasteiger partial charge in [-0.25, -0.2) is 9.18 Å². The van der Waals surface area contributed by atoms with Crippen LogP contribution in [0.1, 0.15) is 11.6 Å². The molecule has 4 N–H and O–H groups in total. The number of ether oxygens (including phenoxy) is 1. The van der Waals surface area contributed by atoms with Gasteiger partial charge < -0.3 is 25.8 Å². The van der Waals surface area contributed by atoms with E-state index in [1.54, 1.807) is 0 Å². The first-order valence-electron chi connectivity index (χ1n) is 6.55. The summed E-state index contributed by atoms with van der Waals surface area (Å²) in [6, 6.07) is -1.85. The minimum atomic E-state index is -4.60. The van der Waals surface area contributed by atoms with Crippen LogP contribution in [0.25, 0.3) is 0 Å². The molecular formula is C13H15F4N3O3. The molecule has 2 amide bonds. The normalized spacial score (nSPS) is 19.8. The van der Waals surface area contributed by atoms with Crippen molar-refractivity contribution in [2.24, 2.45) is 0 Å². The number of phenols is 1. The number of nitrogen functional groups attached to an aromatic ring is 1. The number of methoxy groups -OCH3 is 1. The molecule has 0 saturated carbocycles. The number of nitrogens with zero attached hydrogens (tertiary/aromatic N) is 1. The Kier molecular flexibility index (Phi) is 4.55. The van der Waals surface area contributed by atoms with Crippen molar-refractivity contribution in [1.29, 1.82) is 0 Å². The van der Waals surface area contributed by atoms with Gasteiger partial charge in [0.25, 0.3) is 0 Å². The lowest BCUT2D eigenvalue weighted by Crippen LogP contribution is -2.40. The summed E-state index contributed by atoms with van der Waals surface area (Å²) in [4.78, 5) is 12.7. The SMILES string of the molecule is COC[C@H](c1cc(N)c(O)c(F)c1)N1C[C@@H](C(F)(F)F)NC1=O. The fourth-order valence-corrected chi connectivity index (χ4v) is 2.37. The molecule has 1 fully saturated rings. The van der Waals surface area contributed by atoms with Gasteiger partial charge in [-0.2, -0.15) is 13.2 Å². The zero-order valence-electron chi connectivity index (χ0n) is 12.0. The maximum Gasteiger partial charge on any atom is 0.410 e. The molecule has 1 aliphatic rings. The number of nitrogens with one attached hydrogen (secondary N) is 1. The molecule has 23 heavy (non-hydrogen) atoms. The van der Waals surface area contributed by atoms with Gasteiger partial charge in [-0.3, -0.25) is 0 Å². The average Bonchev–Trinajstić information content (AvgIpc) is 2.83. The summed E-state index contributed by atoms with van der Waals surface area (Å²) in [7, 11) is 1.29. The van der Waals surface area contributed by atoms with Gasteiger partial charge in [-0.05, 0) is 17.7 Å². The first-order chi connectivity index (χ1) is 10.6. The lowest BCUT2D eigenvalue weighted by Gasteiger charge is -2.27. The molecule has 1 aromatic rings. The number of benzene rings is 1. The van der Waals surface area contributed by atoms with Crippen LogP contribution < -0.4 is 11.1 Å². The Labute approximate surface area is 128 Å². The van der Waals surface area contributed by atoms with Crippen LogP contribution in [-0.2, 0) is 4.74 Å². The standard InChI is InChI=1S/C13H15F4N3O3/c1-23-5-9(6-2-7(14)11(21)8(18)3-6)20-4-10(13(15,16)17)19-12(20)22/h2-3,9-10,21H,4-5,18H2,1H3,(H,19,22)/t9-,10+/m1/s1. The Hall–Kier alpha value is -2.23. The van der Waals surface area contributed by atoms with Crippen LogP contribution in [0.3, 0.4) is 0 Å². The lowest BCUT2D eigenvalue weighted by atomic mass is 10.0. The number of nitrogens with two attached hydrogens (primary N) is 1. The molecule has 0 unspecified atom stereocenters. The van der Waals surface area contributed by atoms with Crippen LogP contribution in [0.15, 0.2) is 12.1 Å². The molecular weight excluding hydrogens is 322 g/mol. The van der Waals surface area contributed by atoms with Crippen LogP contribution in [0, 0.1) is 5.82 Å². The highest BCUT2D eigenvalue weighted by Gasteiger charge is 2.48. The average molecular weight is 337 g/mol. The summed E-state index contributed by atoms with van der Waals surface area (Å²) in [6.07, 6.45) is -4.60. The molecule has 0 spiro atoms. The summed E-state index contributed by atoms with van der Waals surface area (Å²) in [5.41, 5.74) is 5.29. The third kappa shape index (κ3) is 3.41. The van der Waals surface area contributed by atoms with Crippen molar-refractivity contribution in [3.05, 3.63) is 23.5 Å². The third-order valence-electron chi connectivity index (χ3n) is 3.53. The second-order valence-electron chi connectivity index (χ2n) is 5.11. The Morgan fingerprint density at radius 3 is 2.65 bits per heavy atom. The first-order valence-corrected chi connectivity index (χ1v) is 6.55. The van der Waals surface area contributed by atoms with Crippen molar-refractivity contribution in [3.63, 3.8) is 0 Å². The Balaban J connectivity index is 2.34. The van der Waals surface area contributed by atoms with Gasteiger partial charge in [0.2, 0.25) is 0 Å². The van der Waals surface area contributed by atoms with E-state index in [1.165, 1.54) is 13.2 Å². The number of hydrogen-bond donors (Lipinski definition) is 3. The molecule has 0 bridgehead atoms. The molecule has 2 atom stereocenters. The Morgan fingerprint density at radius 1 is 1.52 bits per heavy atom. The molecule has 2 rings (SSSR count). The second kappa shape index (κ2) is 6.11. The quantitative estimate of drug-likeness (QED) is 0.444. The highest BCUT2D eigenvalue weighted by Crippen LogP contribution is 2.33. The monoisotopic (exact) mass is 337 g/mol. The summed E-state index contributed by atoms with van der Waals surface area (Å²) in [5, 5.41) is 11.2. The number of urea groups is 1. The number of aromatic hydroxyl groups is 1. The molecule has 1 aliphatic heterocycles. The highest BCUT2D eigenvalue weighted by molar-refractivity contribution is 5.77. The number of amides is 2. The highest BCUT2D eigenvalue weighted by atomic mass is 19.4. The molecule has 1 heterocycles. The second-order valence-corrected chi connectivity index (χ2v) is 5.11. The predicted molar refractivity (Wildman–Crippen MR) is 72.2 cm³/mol. The summed E-state index contributed by atoms with van der Waals surface area (Å²) in [6.45, 7) is -0.805. The molecule has 0 radical (unpaired) electrons. The number of phenolic OH excluding ortho intramolecular Hbond substituents is 1. The van der Waals surface area contributed by atoms with E-state index >= 15 is 0 Å². The van der Waals surface area contributed by atoms with E-state index in [0.29, 0.717) is 0 Å². The van der Waals surface area contributed by atoms with Crippen molar-refractivity contribution in [3.8, 4) is 5.75 Å². The minimum Gasteiger partial charge on any atom is -0.503 e. The maximum atomic E-state index is 13.6. The smallest absolute Gasteiger partial charge is 0.410 e. The van der Waals surface area contributed by atoms with Crippen molar-refractivity contribution < 1.29 is 32.2 Å². The van der Waals surface area contributed by atoms with Crippen molar-refractivity contribution >= 4 is 11.7 Å². The van der Waals surface area contributed by atoms with E-state index in [-0.39, 0.29) is 17.9 Å². The number of alkyl halides is 3. The number of rotatable bonds is 4. The van der Waals surface area contributed by atoms with Gasteiger partial charge in [0.15, 0.2) is 11.6 Å². The number of carbonyl (C=O) groups excluding carboxylic acids is 1. The largest absolute Gasteiger partial charge is 0.503 e. The van der Waals surface area contributed by atoms with Crippen LogP contribution in [0.5, 0.6) is 5.75 Å². The fourth-order valence-electron chi connectivity index (χ4n) is 2.37. The van der Waals surface area contributed by atoms with E-state index < -0.39 is 42.4 Å². The maximum absolute atomic E-state index is 13.6. The van der Waals surface area contributed by atoms with Crippen LogP contribution in [-0.4, -0.2) is 48.5 Å². The molecule has 10 heteroatoms. The van der Waals surface area contributed by atoms with Crippen molar-refractivity contribution in [2.75, 3.05) is 26.0 Å². The van der Waals surface area contributed by atoms with Crippen LogP contribution >= 0.6 is 0 Å². The van der Waals surface area contributed by atoms with E-state index in [4.69, 9.17) is 10.5 Å². The van der Waals surface area contributed by atoms with E-state index in [9.17, 15) is 27.5 Å². The number of carbonyl (C=O) groups is 1. The molecule has 1 saturated heterocycles. The van der Waals surface area contributed by atoms with Crippen LogP contribution in [0.2, 0.25) is 0 Å². The zero-order chi connectivity index (χ0) is 17.4. The van der Waals surface area contributed by atoms with Gasteiger partial charge in [-0.15, -0.1) is 0 Å². The fraction of sp³-hybridized carbons (Fsp3) is 0.462. The van der Waals surface area contributed by atoms with Gasteiger partial charge in [0, 0.05) is 7.11 Å². The molecule has 128 valence electrons. The van der Waals surface area contributed by atoms with Gasteiger partial charge >= 0.3 is 12.2 Å². The van der Waals surface area contributed by atoms with E-state index in [0.717, 1.165) is 11.0 Å².